The van der Waals surface area contributed by atoms with Gasteiger partial charge in [0.15, 0.2) is 0 Å². The second-order valence-corrected chi connectivity index (χ2v) is 5.62. The van der Waals surface area contributed by atoms with Crippen molar-refractivity contribution in [1.29, 1.82) is 0 Å². The second-order valence-electron chi connectivity index (χ2n) is 3.72. The summed E-state index contributed by atoms with van der Waals surface area (Å²) in [7, 11) is 0. The molecule has 3 rings (SSSR count). The lowest BCUT2D eigenvalue weighted by Gasteiger charge is -2.08. The number of anilines is 1. The van der Waals surface area contributed by atoms with Crippen LogP contribution in [0, 0.1) is 0 Å². The van der Waals surface area contributed by atoms with E-state index in [9.17, 15) is 0 Å². The highest BCUT2D eigenvalue weighted by molar-refractivity contribution is 7.14. The molecule has 0 spiro atoms. The molecule has 84 valence electrons. The van der Waals surface area contributed by atoms with Gasteiger partial charge in [-0.25, -0.2) is 0 Å². The summed E-state index contributed by atoms with van der Waals surface area (Å²) in [5.41, 5.74) is 9.41. The van der Waals surface area contributed by atoms with Gasteiger partial charge >= 0.3 is 0 Å². The number of rotatable bonds is 2. The highest BCUT2D eigenvalue weighted by atomic mass is 32.1. The Morgan fingerprint density at radius 1 is 0.706 bits per heavy atom. The number of thiophene rings is 2. The Morgan fingerprint density at radius 2 is 1.24 bits per heavy atom. The molecule has 2 N–H and O–H groups in total. The van der Waals surface area contributed by atoms with Gasteiger partial charge in [0.1, 0.15) is 0 Å². The number of hydrogen-bond acceptors (Lipinski definition) is 3. The van der Waals surface area contributed by atoms with E-state index in [4.69, 9.17) is 5.73 Å². The maximum atomic E-state index is 6.28. The van der Waals surface area contributed by atoms with Gasteiger partial charge in [-0.2, -0.15) is 0 Å². The smallest absolute Gasteiger partial charge is 0.0489 e. The fraction of sp³-hybridized carbons (Fsp3) is 0. The zero-order chi connectivity index (χ0) is 11.7. The van der Waals surface area contributed by atoms with E-state index in [0.717, 1.165) is 16.8 Å². The third-order valence-corrected chi connectivity index (χ3v) is 4.49. The van der Waals surface area contributed by atoms with Crippen LogP contribution in [0.1, 0.15) is 0 Å². The predicted molar refractivity (Wildman–Crippen MR) is 77.5 cm³/mol. The SMILES string of the molecule is Nc1c(-c2cccs2)cccc1-c1cccs1. The molecule has 0 saturated heterocycles. The molecule has 0 aliphatic rings. The molecule has 0 radical (unpaired) electrons. The standard InChI is InChI=1S/C14H11NS2/c15-14-10(12-6-2-8-16-12)4-1-5-11(14)13-7-3-9-17-13/h1-9H,15H2. The molecule has 3 heteroatoms. The van der Waals surface area contributed by atoms with Crippen LogP contribution in [-0.2, 0) is 0 Å². The van der Waals surface area contributed by atoms with Crippen LogP contribution in [-0.4, -0.2) is 0 Å². The number of para-hydroxylation sites is 1. The Kier molecular flexibility index (Phi) is 2.71. The molecular formula is C14H11NS2. The van der Waals surface area contributed by atoms with Crippen molar-refractivity contribution in [1.82, 2.24) is 0 Å². The predicted octanol–water partition coefficient (Wildman–Crippen LogP) is 4.73. The van der Waals surface area contributed by atoms with Gasteiger partial charge in [0.05, 0.1) is 0 Å². The summed E-state index contributed by atoms with van der Waals surface area (Å²) in [6.45, 7) is 0. The van der Waals surface area contributed by atoms with Crippen LogP contribution in [0.25, 0.3) is 20.9 Å². The van der Waals surface area contributed by atoms with Crippen LogP contribution in [0.5, 0.6) is 0 Å². The lowest BCUT2D eigenvalue weighted by atomic mass is 10.0. The van der Waals surface area contributed by atoms with Gasteiger partial charge in [-0.1, -0.05) is 30.3 Å². The average Bonchev–Trinajstić information content (AvgIpc) is 3.02. The van der Waals surface area contributed by atoms with E-state index in [1.807, 2.05) is 0 Å². The molecule has 0 unspecified atom stereocenters. The van der Waals surface area contributed by atoms with Gasteiger partial charge in [-0.15, -0.1) is 22.7 Å². The first kappa shape index (κ1) is 10.6. The van der Waals surface area contributed by atoms with E-state index in [1.54, 1.807) is 22.7 Å². The van der Waals surface area contributed by atoms with Gasteiger partial charge in [0.25, 0.3) is 0 Å². The largest absolute Gasteiger partial charge is 0.398 e. The fourth-order valence-corrected chi connectivity index (χ4v) is 3.39. The topological polar surface area (TPSA) is 26.0 Å². The second kappa shape index (κ2) is 4.35. The van der Waals surface area contributed by atoms with E-state index in [0.29, 0.717) is 0 Å². The van der Waals surface area contributed by atoms with Crippen molar-refractivity contribution in [2.75, 3.05) is 5.73 Å². The summed E-state index contributed by atoms with van der Waals surface area (Å²) in [6, 6.07) is 14.6. The monoisotopic (exact) mass is 257 g/mol. The first-order chi connectivity index (χ1) is 8.36. The molecule has 0 saturated carbocycles. The molecule has 1 aromatic carbocycles. The Morgan fingerprint density at radius 3 is 1.65 bits per heavy atom. The maximum Gasteiger partial charge on any atom is 0.0489 e. The number of nitrogen functional groups attached to an aromatic ring is 1. The number of nitrogens with two attached hydrogens (primary N) is 1. The minimum absolute atomic E-state index is 0.873. The molecule has 2 heterocycles. The molecule has 0 aliphatic heterocycles. The Balaban J connectivity index is 2.17. The van der Waals surface area contributed by atoms with Gasteiger partial charge < -0.3 is 5.73 Å². The molecule has 0 bridgehead atoms. The summed E-state index contributed by atoms with van der Waals surface area (Å²) < 4.78 is 0. The average molecular weight is 257 g/mol. The first-order valence-corrected chi connectivity index (χ1v) is 7.08. The van der Waals surface area contributed by atoms with E-state index in [1.165, 1.54) is 9.75 Å². The zero-order valence-corrected chi connectivity index (χ0v) is 10.7. The number of hydrogen-bond donors (Lipinski definition) is 1. The van der Waals surface area contributed by atoms with Crippen LogP contribution in [0.3, 0.4) is 0 Å². The molecule has 0 aliphatic carbocycles. The molecule has 2 aromatic heterocycles. The lowest BCUT2D eigenvalue weighted by Crippen LogP contribution is -1.91. The van der Waals surface area contributed by atoms with Crippen LogP contribution in [0.2, 0.25) is 0 Å². The van der Waals surface area contributed by atoms with Gasteiger partial charge in [0, 0.05) is 26.6 Å². The molecule has 3 aromatic rings. The van der Waals surface area contributed by atoms with Crippen LogP contribution >= 0.6 is 22.7 Å². The Hall–Kier alpha value is -1.58. The minimum atomic E-state index is 0.873. The van der Waals surface area contributed by atoms with E-state index in [2.05, 4.69) is 53.2 Å². The van der Waals surface area contributed by atoms with E-state index in [-0.39, 0.29) is 0 Å². The lowest BCUT2D eigenvalue weighted by molar-refractivity contribution is 1.66. The first-order valence-electron chi connectivity index (χ1n) is 5.32. The maximum absolute atomic E-state index is 6.28. The van der Waals surface area contributed by atoms with Crippen molar-refractivity contribution in [2.24, 2.45) is 0 Å². The zero-order valence-electron chi connectivity index (χ0n) is 9.09. The van der Waals surface area contributed by atoms with Crippen LogP contribution < -0.4 is 5.73 Å². The number of benzene rings is 1. The molecule has 0 fully saturated rings. The van der Waals surface area contributed by atoms with Crippen LogP contribution in [0.15, 0.2) is 53.2 Å². The summed E-state index contributed by atoms with van der Waals surface area (Å²) in [4.78, 5) is 2.45. The summed E-state index contributed by atoms with van der Waals surface area (Å²) in [5, 5.41) is 4.15. The van der Waals surface area contributed by atoms with Crippen molar-refractivity contribution in [2.45, 2.75) is 0 Å². The highest BCUT2D eigenvalue weighted by Gasteiger charge is 2.09. The summed E-state index contributed by atoms with van der Waals surface area (Å²) in [5.74, 6) is 0. The quantitative estimate of drug-likeness (QED) is 0.660. The van der Waals surface area contributed by atoms with E-state index >= 15 is 0 Å². The van der Waals surface area contributed by atoms with Crippen molar-refractivity contribution >= 4 is 28.4 Å². The fourth-order valence-electron chi connectivity index (χ4n) is 1.86. The Labute approximate surface area is 108 Å². The van der Waals surface area contributed by atoms with Crippen molar-refractivity contribution in [3.63, 3.8) is 0 Å². The van der Waals surface area contributed by atoms with Crippen LogP contribution in [0.4, 0.5) is 5.69 Å². The molecule has 17 heavy (non-hydrogen) atoms. The molecule has 0 amide bonds. The Bertz CT molecular complexity index is 557. The minimum Gasteiger partial charge on any atom is -0.398 e. The van der Waals surface area contributed by atoms with Gasteiger partial charge in [0.2, 0.25) is 0 Å². The van der Waals surface area contributed by atoms with Gasteiger partial charge in [-0.05, 0) is 22.9 Å². The molecular weight excluding hydrogens is 246 g/mol. The van der Waals surface area contributed by atoms with Gasteiger partial charge in [-0.3, -0.25) is 0 Å². The molecule has 1 nitrogen and oxygen atoms in total. The third kappa shape index (κ3) is 1.88. The summed E-state index contributed by atoms with van der Waals surface area (Å²) >= 11 is 3.44. The van der Waals surface area contributed by atoms with Crippen molar-refractivity contribution in [3.8, 4) is 20.9 Å². The van der Waals surface area contributed by atoms with E-state index < -0.39 is 0 Å². The molecule has 0 atom stereocenters. The highest BCUT2D eigenvalue weighted by Crippen LogP contribution is 2.37. The normalized spacial score (nSPS) is 10.6. The third-order valence-electron chi connectivity index (χ3n) is 2.68. The van der Waals surface area contributed by atoms with Crippen molar-refractivity contribution < 1.29 is 0 Å². The summed E-state index contributed by atoms with van der Waals surface area (Å²) in [6.07, 6.45) is 0. The van der Waals surface area contributed by atoms with Crippen molar-refractivity contribution in [3.05, 3.63) is 53.2 Å².